The summed E-state index contributed by atoms with van der Waals surface area (Å²) in [6.07, 6.45) is 2.22. The zero-order valence-electron chi connectivity index (χ0n) is 12.7. The zero-order chi connectivity index (χ0) is 15.2. The summed E-state index contributed by atoms with van der Waals surface area (Å²) in [6, 6.07) is 3.55. The van der Waals surface area contributed by atoms with Crippen molar-refractivity contribution in [2.24, 2.45) is 11.8 Å². The summed E-state index contributed by atoms with van der Waals surface area (Å²) < 4.78 is 0.647. The maximum Gasteiger partial charge on any atom is 0.220 e. The molecule has 1 fully saturated rings. The highest BCUT2D eigenvalue weighted by Crippen LogP contribution is 2.26. The van der Waals surface area contributed by atoms with Gasteiger partial charge in [0.2, 0.25) is 5.91 Å². The van der Waals surface area contributed by atoms with Gasteiger partial charge in [0, 0.05) is 17.8 Å². The zero-order valence-corrected chi connectivity index (χ0v) is 15.1. The van der Waals surface area contributed by atoms with Crippen LogP contribution >= 0.6 is 35.3 Å². The van der Waals surface area contributed by atoms with E-state index in [-0.39, 0.29) is 24.9 Å². The first-order valence-electron chi connectivity index (χ1n) is 7.47. The van der Waals surface area contributed by atoms with Gasteiger partial charge in [0.25, 0.3) is 0 Å². The minimum atomic E-state index is -0.682. The lowest BCUT2D eigenvalue weighted by atomic mass is 9.85. The van der Waals surface area contributed by atoms with Crippen LogP contribution in [0, 0.1) is 11.8 Å². The van der Waals surface area contributed by atoms with Crippen molar-refractivity contribution in [1.82, 2.24) is 10.6 Å². The highest BCUT2D eigenvalue weighted by Gasteiger charge is 2.22. The number of thiophene rings is 1. The standard InChI is InChI=1S/C15H23ClN2O2S.ClH/c1-10(11-3-2-6-17-8-11)7-15(20)18-9-12(19)13-4-5-14(16)21-13;/h4-5,10-12,17,19H,2-3,6-9H2,1H3,(H,18,20);1H. The molecule has 1 amide bonds. The van der Waals surface area contributed by atoms with Gasteiger partial charge in [-0.3, -0.25) is 4.79 Å². The topological polar surface area (TPSA) is 61.4 Å². The second kappa shape index (κ2) is 9.73. The lowest BCUT2D eigenvalue weighted by Gasteiger charge is -2.28. The van der Waals surface area contributed by atoms with Crippen LogP contribution in [-0.4, -0.2) is 30.6 Å². The van der Waals surface area contributed by atoms with Crippen molar-refractivity contribution in [3.63, 3.8) is 0 Å². The number of nitrogens with one attached hydrogen (secondary N) is 2. The van der Waals surface area contributed by atoms with E-state index >= 15 is 0 Å². The van der Waals surface area contributed by atoms with E-state index in [1.165, 1.54) is 24.2 Å². The summed E-state index contributed by atoms with van der Waals surface area (Å²) in [7, 11) is 0. The monoisotopic (exact) mass is 366 g/mol. The van der Waals surface area contributed by atoms with Crippen LogP contribution in [0.15, 0.2) is 12.1 Å². The van der Waals surface area contributed by atoms with Crippen LogP contribution in [0.25, 0.3) is 0 Å². The molecule has 1 aliphatic heterocycles. The number of piperidine rings is 1. The first kappa shape index (κ1) is 19.7. The third-order valence-corrected chi connectivity index (χ3v) is 5.39. The van der Waals surface area contributed by atoms with Gasteiger partial charge in [-0.2, -0.15) is 0 Å². The molecule has 2 rings (SSSR count). The molecule has 1 saturated heterocycles. The van der Waals surface area contributed by atoms with E-state index in [0.29, 0.717) is 22.6 Å². The van der Waals surface area contributed by atoms with E-state index in [1.54, 1.807) is 12.1 Å². The number of aliphatic hydroxyl groups is 1. The largest absolute Gasteiger partial charge is 0.386 e. The second-order valence-corrected chi connectivity index (χ2v) is 7.50. The molecule has 3 atom stereocenters. The molecule has 7 heteroatoms. The Morgan fingerprint density at radius 3 is 2.95 bits per heavy atom. The summed E-state index contributed by atoms with van der Waals surface area (Å²) in [5.74, 6) is 0.950. The Balaban J connectivity index is 0.00000242. The summed E-state index contributed by atoms with van der Waals surface area (Å²) >= 11 is 7.18. The number of aliphatic hydroxyl groups excluding tert-OH is 1. The minimum absolute atomic E-state index is 0. The smallest absolute Gasteiger partial charge is 0.220 e. The van der Waals surface area contributed by atoms with Crippen molar-refractivity contribution in [3.8, 4) is 0 Å². The van der Waals surface area contributed by atoms with Crippen molar-refractivity contribution >= 4 is 41.3 Å². The van der Waals surface area contributed by atoms with E-state index in [9.17, 15) is 9.90 Å². The third-order valence-electron chi connectivity index (χ3n) is 4.06. The lowest BCUT2D eigenvalue weighted by molar-refractivity contribution is -0.122. The summed E-state index contributed by atoms with van der Waals surface area (Å²) in [5.41, 5.74) is 0. The average molecular weight is 367 g/mol. The molecule has 4 nitrogen and oxygen atoms in total. The molecule has 22 heavy (non-hydrogen) atoms. The van der Waals surface area contributed by atoms with Gasteiger partial charge in [-0.25, -0.2) is 0 Å². The predicted octanol–water partition coefficient (Wildman–Crippen LogP) is 3.00. The van der Waals surface area contributed by atoms with Gasteiger partial charge in [-0.15, -0.1) is 23.7 Å². The minimum Gasteiger partial charge on any atom is -0.386 e. The number of halogens is 2. The van der Waals surface area contributed by atoms with Gasteiger partial charge in [0.15, 0.2) is 0 Å². The van der Waals surface area contributed by atoms with Crippen LogP contribution in [0.2, 0.25) is 4.34 Å². The van der Waals surface area contributed by atoms with Crippen LogP contribution in [-0.2, 0) is 4.79 Å². The van der Waals surface area contributed by atoms with Crippen molar-refractivity contribution in [1.29, 1.82) is 0 Å². The van der Waals surface area contributed by atoms with Gasteiger partial charge in [-0.05, 0) is 49.9 Å². The van der Waals surface area contributed by atoms with Crippen LogP contribution in [0.1, 0.15) is 37.2 Å². The molecule has 1 aromatic heterocycles. The molecule has 1 aliphatic rings. The summed E-state index contributed by atoms with van der Waals surface area (Å²) in [6.45, 7) is 4.47. The molecular formula is C15H24Cl2N2O2S. The number of hydrogen-bond donors (Lipinski definition) is 3. The van der Waals surface area contributed by atoms with Crippen LogP contribution in [0.5, 0.6) is 0 Å². The predicted molar refractivity (Wildman–Crippen MR) is 93.9 cm³/mol. The van der Waals surface area contributed by atoms with E-state index in [0.717, 1.165) is 18.0 Å². The fourth-order valence-corrected chi connectivity index (χ4v) is 3.76. The quantitative estimate of drug-likeness (QED) is 0.724. The van der Waals surface area contributed by atoms with Gasteiger partial charge in [0.05, 0.1) is 4.34 Å². The van der Waals surface area contributed by atoms with Gasteiger partial charge in [0.1, 0.15) is 6.10 Å². The first-order chi connectivity index (χ1) is 10.1. The normalized spacial score (nSPS) is 20.8. The molecule has 0 radical (unpaired) electrons. The number of amides is 1. The molecule has 0 aromatic carbocycles. The summed E-state index contributed by atoms with van der Waals surface area (Å²) in [5, 5.41) is 16.2. The Morgan fingerprint density at radius 1 is 1.59 bits per heavy atom. The Labute approximate surface area is 147 Å². The van der Waals surface area contributed by atoms with Crippen LogP contribution in [0.4, 0.5) is 0 Å². The molecular weight excluding hydrogens is 343 g/mol. The lowest BCUT2D eigenvalue weighted by Crippen LogP contribution is -2.36. The highest BCUT2D eigenvalue weighted by atomic mass is 35.5. The van der Waals surface area contributed by atoms with Crippen LogP contribution in [0.3, 0.4) is 0 Å². The SMILES string of the molecule is CC(CC(=O)NCC(O)c1ccc(Cl)s1)C1CCCNC1.Cl. The average Bonchev–Trinajstić information content (AvgIpc) is 2.92. The molecule has 0 aliphatic carbocycles. The number of rotatable bonds is 6. The van der Waals surface area contributed by atoms with Crippen molar-refractivity contribution in [3.05, 3.63) is 21.3 Å². The molecule has 3 N–H and O–H groups in total. The molecule has 126 valence electrons. The highest BCUT2D eigenvalue weighted by molar-refractivity contribution is 7.16. The Morgan fingerprint density at radius 2 is 2.36 bits per heavy atom. The maximum absolute atomic E-state index is 12.0. The first-order valence-corrected chi connectivity index (χ1v) is 8.66. The van der Waals surface area contributed by atoms with E-state index < -0.39 is 6.10 Å². The molecule has 2 heterocycles. The Bertz CT molecular complexity index is 464. The maximum atomic E-state index is 12.0. The molecule has 1 aromatic rings. The van der Waals surface area contributed by atoms with E-state index in [2.05, 4.69) is 17.6 Å². The molecule has 3 unspecified atom stereocenters. The van der Waals surface area contributed by atoms with E-state index in [1.807, 2.05) is 0 Å². The Hall–Kier alpha value is -0.330. The van der Waals surface area contributed by atoms with Gasteiger partial charge >= 0.3 is 0 Å². The second-order valence-electron chi connectivity index (χ2n) is 5.75. The van der Waals surface area contributed by atoms with Crippen molar-refractivity contribution in [2.45, 2.75) is 32.3 Å². The van der Waals surface area contributed by atoms with E-state index in [4.69, 9.17) is 11.6 Å². The Kier molecular flexibility index (Phi) is 8.72. The number of carbonyl (C=O) groups excluding carboxylic acids is 1. The van der Waals surface area contributed by atoms with Crippen LogP contribution < -0.4 is 10.6 Å². The molecule has 0 spiro atoms. The molecule has 0 bridgehead atoms. The number of carbonyl (C=O) groups is 1. The van der Waals surface area contributed by atoms with Gasteiger partial charge < -0.3 is 15.7 Å². The van der Waals surface area contributed by atoms with Crippen molar-refractivity contribution in [2.75, 3.05) is 19.6 Å². The summed E-state index contributed by atoms with van der Waals surface area (Å²) in [4.78, 5) is 12.8. The molecule has 0 saturated carbocycles. The fraction of sp³-hybridized carbons (Fsp3) is 0.667. The number of hydrogen-bond acceptors (Lipinski definition) is 4. The third kappa shape index (κ3) is 6.05. The van der Waals surface area contributed by atoms with Gasteiger partial charge in [-0.1, -0.05) is 18.5 Å². The fourth-order valence-electron chi connectivity index (χ4n) is 2.71. The van der Waals surface area contributed by atoms with Crippen molar-refractivity contribution < 1.29 is 9.90 Å².